The van der Waals surface area contributed by atoms with Crippen molar-refractivity contribution in [1.29, 1.82) is 0 Å². The van der Waals surface area contributed by atoms with Gasteiger partial charge in [0.05, 0.1) is 5.56 Å². The van der Waals surface area contributed by atoms with Gasteiger partial charge in [-0.05, 0) is 80.0 Å². The second-order valence-electron chi connectivity index (χ2n) is 9.82. The van der Waals surface area contributed by atoms with Gasteiger partial charge in [0.1, 0.15) is 0 Å². The minimum Gasteiger partial charge on any atom is -0.371 e. The monoisotopic (exact) mass is 501 g/mol. The predicted molar refractivity (Wildman–Crippen MR) is 146 cm³/mol. The van der Waals surface area contributed by atoms with Crippen molar-refractivity contribution in [3.8, 4) is 0 Å². The van der Waals surface area contributed by atoms with E-state index in [0.717, 1.165) is 64.0 Å². The Balaban J connectivity index is 1.34. The molecule has 2 heterocycles. The van der Waals surface area contributed by atoms with Gasteiger partial charge in [0.2, 0.25) is 0 Å². The van der Waals surface area contributed by atoms with Crippen LogP contribution in [-0.4, -0.2) is 42.9 Å². The highest BCUT2D eigenvalue weighted by Crippen LogP contribution is 2.31. The normalized spacial score (nSPS) is 16.2. The fourth-order valence-corrected chi connectivity index (χ4v) is 5.50. The number of likely N-dealkylation sites (tertiary alicyclic amines) is 1. The largest absolute Gasteiger partial charge is 0.371 e. The van der Waals surface area contributed by atoms with Crippen molar-refractivity contribution in [2.24, 2.45) is 5.92 Å². The maximum Gasteiger partial charge on any atom is 0.256 e. The van der Waals surface area contributed by atoms with E-state index in [0.29, 0.717) is 27.8 Å². The number of amides is 2. The summed E-state index contributed by atoms with van der Waals surface area (Å²) in [6, 6.07) is 23.3. The van der Waals surface area contributed by atoms with E-state index in [1.807, 2.05) is 23.1 Å². The van der Waals surface area contributed by atoms with Crippen LogP contribution in [-0.2, 0) is 6.42 Å². The van der Waals surface area contributed by atoms with E-state index in [9.17, 15) is 9.59 Å². The van der Waals surface area contributed by atoms with Crippen molar-refractivity contribution < 1.29 is 9.59 Å². The Bertz CT molecular complexity index is 1220. The zero-order valence-electron chi connectivity index (χ0n) is 20.5. The summed E-state index contributed by atoms with van der Waals surface area (Å²) < 4.78 is 0. The Morgan fingerprint density at radius 3 is 2.33 bits per heavy atom. The molecule has 186 valence electrons. The molecule has 0 spiro atoms. The number of rotatable bonds is 6. The number of nitrogens with one attached hydrogen (secondary N) is 1. The highest BCUT2D eigenvalue weighted by molar-refractivity contribution is 6.31. The van der Waals surface area contributed by atoms with Crippen molar-refractivity contribution in [1.82, 2.24) is 4.90 Å². The second-order valence-corrected chi connectivity index (χ2v) is 10.3. The molecule has 2 amide bonds. The minimum absolute atomic E-state index is 0.0489. The smallest absolute Gasteiger partial charge is 0.256 e. The van der Waals surface area contributed by atoms with Gasteiger partial charge in [0, 0.05) is 48.1 Å². The fraction of sp³-hybridized carbons (Fsp3) is 0.333. The van der Waals surface area contributed by atoms with Gasteiger partial charge < -0.3 is 15.1 Å². The summed E-state index contributed by atoms with van der Waals surface area (Å²) in [5.74, 6) is 0.456. The quantitative estimate of drug-likeness (QED) is 0.432. The van der Waals surface area contributed by atoms with Crippen molar-refractivity contribution in [2.45, 2.75) is 32.1 Å². The molecule has 2 aliphatic heterocycles. The number of carbonyl (C=O) groups excluding carboxylic acids is 2. The van der Waals surface area contributed by atoms with Crippen molar-refractivity contribution in [3.63, 3.8) is 0 Å². The van der Waals surface area contributed by atoms with Crippen LogP contribution in [0.2, 0.25) is 5.02 Å². The molecule has 0 aliphatic carbocycles. The number of nitrogens with zero attached hydrogens (tertiary/aromatic N) is 2. The molecule has 0 unspecified atom stereocenters. The molecule has 5 rings (SSSR count). The highest BCUT2D eigenvalue weighted by Gasteiger charge is 2.27. The van der Waals surface area contributed by atoms with Gasteiger partial charge in [-0.15, -0.1) is 0 Å². The van der Waals surface area contributed by atoms with Gasteiger partial charge in [-0.25, -0.2) is 0 Å². The number of piperidine rings is 1. The van der Waals surface area contributed by atoms with Gasteiger partial charge in [0.15, 0.2) is 0 Å². The van der Waals surface area contributed by atoms with Crippen LogP contribution >= 0.6 is 11.6 Å². The molecular formula is C30H32ClN3O2. The predicted octanol–water partition coefficient (Wildman–Crippen LogP) is 6.29. The van der Waals surface area contributed by atoms with E-state index in [4.69, 9.17) is 11.6 Å². The number of anilines is 2. The van der Waals surface area contributed by atoms with Gasteiger partial charge in [-0.1, -0.05) is 48.0 Å². The lowest BCUT2D eigenvalue weighted by molar-refractivity contribution is 0.0793. The Labute approximate surface area is 218 Å². The van der Waals surface area contributed by atoms with Gasteiger partial charge >= 0.3 is 0 Å². The third-order valence-electron chi connectivity index (χ3n) is 7.29. The first-order valence-corrected chi connectivity index (χ1v) is 13.2. The highest BCUT2D eigenvalue weighted by atomic mass is 35.5. The first-order valence-electron chi connectivity index (χ1n) is 12.9. The Morgan fingerprint density at radius 1 is 0.861 bits per heavy atom. The number of carbonyl (C=O) groups is 2. The standard InChI is InChI=1S/C30H32ClN3O2/c31-25-10-6-9-24(20-25)29(35)32-26-11-12-28(27(21-26)30(36)34-15-4-5-16-34)33-17-13-23(14-18-33)19-22-7-2-1-3-8-22/h1-3,6-12,20-21,23H,4-5,13-19H2,(H,32,35). The second kappa shape index (κ2) is 11.2. The topological polar surface area (TPSA) is 52.7 Å². The van der Waals surface area contributed by atoms with Crippen LogP contribution in [0.3, 0.4) is 0 Å². The van der Waals surface area contributed by atoms with Crippen LogP contribution in [0.1, 0.15) is 52.0 Å². The van der Waals surface area contributed by atoms with E-state index in [2.05, 4.69) is 40.5 Å². The van der Waals surface area contributed by atoms with Crippen molar-refractivity contribution in [2.75, 3.05) is 36.4 Å². The lowest BCUT2D eigenvalue weighted by atomic mass is 9.89. The summed E-state index contributed by atoms with van der Waals surface area (Å²) in [5, 5.41) is 3.46. The lowest BCUT2D eigenvalue weighted by Crippen LogP contribution is -2.36. The van der Waals surface area contributed by atoms with E-state index < -0.39 is 0 Å². The van der Waals surface area contributed by atoms with Crippen LogP contribution in [0.25, 0.3) is 0 Å². The summed E-state index contributed by atoms with van der Waals surface area (Å²) in [4.78, 5) is 30.6. The lowest BCUT2D eigenvalue weighted by Gasteiger charge is -2.35. The minimum atomic E-state index is -0.244. The molecule has 2 aliphatic rings. The summed E-state index contributed by atoms with van der Waals surface area (Å²) in [5.41, 5.74) is 4.12. The number of hydrogen-bond donors (Lipinski definition) is 1. The molecule has 0 saturated carbocycles. The van der Waals surface area contributed by atoms with Crippen molar-refractivity contribution in [3.05, 3.63) is 94.5 Å². The zero-order valence-corrected chi connectivity index (χ0v) is 21.2. The molecular weight excluding hydrogens is 470 g/mol. The molecule has 0 bridgehead atoms. The van der Waals surface area contributed by atoms with Crippen molar-refractivity contribution >= 4 is 34.8 Å². The fourth-order valence-electron chi connectivity index (χ4n) is 5.31. The van der Waals surface area contributed by atoms with Gasteiger partial charge in [-0.3, -0.25) is 9.59 Å². The van der Waals surface area contributed by atoms with Gasteiger partial charge in [-0.2, -0.15) is 0 Å². The Morgan fingerprint density at radius 2 is 1.61 bits per heavy atom. The molecule has 6 heteroatoms. The molecule has 0 atom stereocenters. The summed E-state index contributed by atoms with van der Waals surface area (Å²) in [6.07, 6.45) is 5.37. The molecule has 5 nitrogen and oxygen atoms in total. The van der Waals surface area contributed by atoms with E-state index in [1.165, 1.54) is 5.56 Å². The van der Waals surface area contributed by atoms with Crippen LogP contribution in [0.4, 0.5) is 11.4 Å². The number of benzene rings is 3. The first kappa shape index (κ1) is 24.4. The summed E-state index contributed by atoms with van der Waals surface area (Å²) in [7, 11) is 0. The molecule has 3 aromatic rings. The Kier molecular flexibility index (Phi) is 7.57. The average Bonchev–Trinajstić information content (AvgIpc) is 3.45. The summed E-state index contributed by atoms with van der Waals surface area (Å²) in [6.45, 7) is 3.42. The molecule has 0 aromatic heterocycles. The molecule has 2 saturated heterocycles. The SMILES string of the molecule is O=C(Nc1ccc(N2CCC(Cc3ccccc3)CC2)c(C(=O)N2CCCC2)c1)c1cccc(Cl)c1. The third kappa shape index (κ3) is 5.73. The molecule has 2 fully saturated rings. The molecule has 36 heavy (non-hydrogen) atoms. The first-order chi connectivity index (χ1) is 17.6. The number of halogens is 1. The zero-order chi connectivity index (χ0) is 24.9. The Hall–Kier alpha value is -3.31. The van der Waals surface area contributed by atoms with Crippen LogP contribution < -0.4 is 10.2 Å². The molecule has 1 N–H and O–H groups in total. The third-order valence-corrected chi connectivity index (χ3v) is 7.52. The van der Waals surface area contributed by atoms with Crippen LogP contribution in [0.15, 0.2) is 72.8 Å². The average molecular weight is 502 g/mol. The number of hydrogen-bond acceptors (Lipinski definition) is 3. The molecule has 3 aromatic carbocycles. The summed E-state index contributed by atoms with van der Waals surface area (Å²) >= 11 is 6.06. The van der Waals surface area contributed by atoms with E-state index in [-0.39, 0.29) is 11.8 Å². The molecule has 0 radical (unpaired) electrons. The van der Waals surface area contributed by atoms with Gasteiger partial charge in [0.25, 0.3) is 11.8 Å². The van der Waals surface area contributed by atoms with Crippen LogP contribution in [0, 0.1) is 5.92 Å². The maximum absolute atomic E-state index is 13.5. The van der Waals surface area contributed by atoms with E-state index in [1.54, 1.807) is 24.3 Å². The van der Waals surface area contributed by atoms with Crippen LogP contribution in [0.5, 0.6) is 0 Å². The van der Waals surface area contributed by atoms with E-state index >= 15 is 0 Å². The maximum atomic E-state index is 13.5.